The van der Waals surface area contributed by atoms with Gasteiger partial charge in [-0.2, -0.15) is 0 Å². The molecule has 0 unspecified atom stereocenters. The highest BCUT2D eigenvalue weighted by Gasteiger charge is 2.54. The molecular weight excluding hydrogens is 1730 g/mol. The number of benzene rings is 10. The molecule has 8 N–H and O–H groups in total. The maximum absolute atomic E-state index is 14.4. The van der Waals surface area contributed by atoms with Crippen molar-refractivity contribution in [1.29, 1.82) is 0 Å². The number of carbonyl (C=O) groups excluding carboxylic acids is 7. The van der Waals surface area contributed by atoms with Crippen LogP contribution >= 0.6 is 0 Å². The molecule has 10 heterocycles. The first-order chi connectivity index (χ1) is 66.9. The minimum absolute atomic E-state index is 0.000145. The summed E-state index contributed by atoms with van der Waals surface area (Å²) in [6.07, 6.45) is 15.6. The summed E-state index contributed by atoms with van der Waals surface area (Å²) in [6, 6.07) is 62.9. The molecule has 2 aromatic heterocycles. The summed E-state index contributed by atoms with van der Waals surface area (Å²) in [5.41, 5.74) is 16.5. The number of alkyl carbamates (subject to hydrolysis) is 4. The zero-order valence-corrected chi connectivity index (χ0v) is 77.1. The Hall–Kier alpha value is -14.2. The van der Waals surface area contributed by atoms with Crippen LogP contribution in [0.3, 0.4) is 0 Å². The van der Waals surface area contributed by atoms with Crippen molar-refractivity contribution >= 4 is 114 Å². The zero-order valence-electron chi connectivity index (χ0n) is 77.1. The first-order valence-electron chi connectivity index (χ1n) is 47.9. The molecule has 6 saturated heterocycles. The fourth-order valence-corrected chi connectivity index (χ4v) is 22.9. The fraction of sp³-hybridized carbons (Fsp3) is 0.370. The minimum atomic E-state index is -1.13. The number of fused-ring (bicyclic) bond motifs is 12. The van der Waals surface area contributed by atoms with E-state index in [1.807, 2.05) is 57.4 Å². The van der Waals surface area contributed by atoms with Crippen LogP contribution < -0.4 is 26.6 Å². The number of H-pyrrole nitrogens is 2. The second-order valence-electron chi connectivity index (χ2n) is 37.6. The van der Waals surface area contributed by atoms with E-state index in [-0.39, 0.29) is 59.8 Å². The number of aliphatic imine (C=N–C) groups is 2. The molecule has 2 saturated carbocycles. The van der Waals surface area contributed by atoms with E-state index in [9.17, 15) is 38.4 Å². The number of carboxylic acids is 1. The number of hydrogen-bond acceptors (Lipinski definition) is 19. The molecule has 0 spiro atoms. The van der Waals surface area contributed by atoms with Gasteiger partial charge >= 0.3 is 30.3 Å². The second-order valence-corrected chi connectivity index (χ2v) is 37.6. The van der Waals surface area contributed by atoms with Crippen molar-refractivity contribution in [3.05, 3.63) is 240 Å². The lowest BCUT2D eigenvalue weighted by molar-refractivity contribution is -0.141. The molecule has 29 nitrogen and oxygen atoms in total. The number of carbonyl (C=O) groups is 8. The van der Waals surface area contributed by atoms with Crippen molar-refractivity contribution in [2.75, 3.05) is 68.0 Å². The highest BCUT2D eigenvalue weighted by atomic mass is 16.6. The summed E-state index contributed by atoms with van der Waals surface area (Å²) in [5.74, 6) is 0.783. The quantitative estimate of drug-likeness (QED) is 0.0329. The van der Waals surface area contributed by atoms with E-state index >= 15 is 0 Å². The molecule has 12 aromatic rings. The van der Waals surface area contributed by atoms with E-state index in [4.69, 9.17) is 48.7 Å². The Morgan fingerprint density at radius 1 is 0.423 bits per heavy atom. The third-order valence-electron chi connectivity index (χ3n) is 29.8. The Labute approximate surface area is 792 Å². The monoisotopic (exact) mass is 1840 g/mol. The predicted octanol–water partition coefficient (Wildman–Crippen LogP) is 17.8. The standard InChI is InChI=1S/C54H55N7O7.C44H46N6O4.C10H11NO4/c1-66-53(64)58-47(31-7-4-3-5-8-31)51(62)60-22-6-9-46(60)44-29-42-41-18-15-36(26-37(41)16-19-43(42)56-44)33-10-11-35-27-38(13-12-34(35)25-33)45-30-55-50(57-45)49-39-14-17-40(28-39)61(49)52(63)48(59-54(65)67-2)32-20-23-68-24-21-32;1-53-44(52)49-40(25-14-17-54-18-15-25)43(51)50-33-11-8-32(22-33)41(50)42-46-24-39(48-42)31-7-6-27-19-26(4-5-28(27)21-31)29-9-12-34-30(20-29)10-13-36-35(34)23-38(47-36)37-3-2-16-45-37;1-15-10(14)11-8(9(12)13)7-5-3-2-4-6-7/h3-5,7-8,10-13,15-16,18-19,25-27,30,32,39-40,46-49H,6,9,14,17,20-24,28-29H2,1-2H3,(H,55,57)(H,58,64)(H,59,65);4-7,9-10,12-13,19-21,24-25,32-33,37,40-41,45H,2-3,8,11,14-18,22-23H2,1H3,(H,46,48)(H,49,52);2-6,8H,1H3,(H,11,14)(H,12,13)/t39-,40+,46-,47+,48-,49-;32-,33+,37-,40-,41-;8-/m001/s1. The van der Waals surface area contributed by atoms with Crippen molar-refractivity contribution in [2.24, 2.45) is 33.7 Å². The Bertz CT molecular complexity index is 6680. The summed E-state index contributed by atoms with van der Waals surface area (Å²) in [5, 5.41) is 32.7. The number of rotatable bonds is 20. The molecule has 7 amide bonds. The maximum Gasteiger partial charge on any atom is 0.407 e. The van der Waals surface area contributed by atoms with E-state index in [0.717, 1.165) is 172 Å². The van der Waals surface area contributed by atoms with Gasteiger partial charge in [0.1, 0.15) is 29.8 Å². The summed E-state index contributed by atoms with van der Waals surface area (Å²) in [7, 11) is 5.15. The highest BCUT2D eigenvalue weighted by Crippen LogP contribution is 2.53. The van der Waals surface area contributed by atoms with Gasteiger partial charge in [0.15, 0.2) is 6.04 Å². The Morgan fingerprint density at radius 2 is 0.832 bits per heavy atom. The minimum Gasteiger partial charge on any atom is -0.479 e. The van der Waals surface area contributed by atoms with Gasteiger partial charge in [-0.15, -0.1) is 0 Å². The number of amides is 7. The van der Waals surface area contributed by atoms with E-state index in [0.29, 0.717) is 81.2 Å². The fourth-order valence-electron chi connectivity index (χ4n) is 22.9. The molecular formula is C108H112N14O15. The first-order valence-corrected chi connectivity index (χ1v) is 47.9. The molecule has 8 aliphatic heterocycles. The van der Waals surface area contributed by atoms with Crippen molar-refractivity contribution in [1.82, 2.24) is 61.2 Å². The SMILES string of the molecule is COC(=O)N[C@@H](C(=O)O)c1ccccc1.COC(=O)N[C@H](C(=O)N1[C@@H]2CC[C@@H](C2)[C@H]1c1ncc(-c2ccc3cc(-c4ccc5c6c(ccc5c4)N=C([C@@H]4CCCN4)C6)ccc3c2)[nH]1)C1CCOCC1.COC(=O)N[C@H](C(=O)N1[C@@H]2CC[C@@H](C2)[C@H]1c1ncc(-c2ccc3cc(-c4ccc5c6c(ccc5c4)N=C([C@@H]4CCCN4C(=O)[C@H](NC(=O)OC)c4ccccc4)C6)ccc3c2)[nH]1)C1CCOCC1. The topological polar surface area (TPSA) is 364 Å². The summed E-state index contributed by atoms with van der Waals surface area (Å²) in [4.78, 5) is 135. The Morgan fingerprint density at radius 3 is 1.28 bits per heavy atom. The van der Waals surface area contributed by atoms with Crippen LogP contribution in [-0.2, 0) is 60.4 Å². The summed E-state index contributed by atoms with van der Waals surface area (Å²) >= 11 is 0. The lowest BCUT2D eigenvalue weighted by atomic mass is 9.89. The highest BCUT2D eigenvalue weighted by molar-refractivity contribution is 6.08. The number of methoxy groups -OCH3 is 4. The average molecular weight is 1850 g/mol. The first kappa shape index (κ1) is 90.6. The van der Waals surface area contributed by atoms with Crippen molar-refractivity contribution in [3.8, 4) is 44.8 Å². The molecule has 29 heteroatoms. The molecule has 137 heavy (non-hydrogen) atoms. The van der Waals surface area contributed by atoms with Crippen LogP contribution in [0.2, 0.25) is 0 Å². The van der Waals surface area contributed by atoms with Gasteiger partial charge in [-0.3, -0.25) is 24.4 Å². The van der Waals surface area contributed by atoms with E-state index in [1.165, 1.54) is 79.8 Å². The number of nitrogens with zero attached hydrogens (tertiary/aromatic N) is 7. The number of aromatic amines is 2. The average Bonchev–Trinajstić information content (AvgIpc) is 1.64. The Kier molecular flexibility index (Phi) is 26.2. The second kappa shape index (κ2) is 39.6. The third-order valence-corrected chi connectivity index (χ3v) is 29.8. The molecule has 8 fully saturated rings. The van der Waals surface area contributed by atoms with Gasteiger partial charge in [-0.1, -0.05) is 146 Å². The number of hydrogen-bond donors (Lipinski definition) is 8. The van der Waals surface area contributed by atoms with Gasteiger partial charge in [0.25, 0.3) is 0 Å². The van der Waals surface area contributed by atoms with Gasteiger partial charge < -0.3 is 84.8 Å². The lowest BCUT2D eigenvalue weighted by Crippen LogP contribution is -2.55. The van der Waals surface area contributed by atoms with Crippen LogP contribution in [0.1, 0.15) is 148 Å². The van der Waals surface area contributed by atoms with Gasteiger partial charge in [0.2, 0.25) is 17.7 Å². The molecule has 4 bridgehead atoms. The number of likely N-dealkylation sites (tertiary alicyclic amines) is 3. The van der Waals surface area contributed by atoms with E-state index in [1.54, 1.807) is 30.3 Å². The number of aliphatic carboxylic acids is 1. The molecule has 704 valence electrons. The van der Waals surface area contributed by atoms with Gasteiger partial charge in [0, 0.05) is 86.5 Å². The zero-order chi connectivity index (χ0) is 94.1. The predicted molar refractivity (Wildman–Crippen MR) is 521 cm³/mol. The van der Waals surface area contributed by atoms with Crippen molar-refractivity contribution < 1.29 is 71.9 Å². The summed E-state index contributed by atoms with van der Waals surface area (Å²) in [6.45, 7) is 3.98. The van der Waals surface area contributed by atoms with Crippen LogP contribution in [-0.4, -0.2) is 203 Å². The van der Waals surface area contributed by atoms with Crippen molar-refractivity contribution in [3.63, 3.8) is 0 Å². The largest absolute Gasteiger partial charge is 0.479 e. The van der Waals surface area contributed by atoms with E-state index < -0.39 is 54.5 Å². The van der Waals surface area contributed by atoms with Crippen LogP contribution in [0, 0.1) is 23.7 Å². The van der Waals surface area contributed by atoms with Crippen LogP contribution in [0.25, 0.3) is 87.9 Å². The number of carboxylic acid groups (broad SMARTS) is 1. The molecule has 22 rings (SSSR count). The maximum atomic E-state index is 14.4. The number of imidazole rings is 2. The van der Waals surface area contributed by atoms with Crippen LogP contribution in [0.5, 0.6) is 0 Å². The van der Waals surface area contributed by atoms with Gasteiger partial charge in [0.05, 0.1) is 81.7 Å². The lowest BCUT2D eigenvalue weighted by Gasteiger charge is -2.39. The van der Waals surface area contributed by atoms with Crippen LogP contribution in [0.15, 0.2) is 217 Å². The number of aromatic nitrogens is 4. The summed E-state index contributed by atoms with van der Waals surface area (Å²) < 4.78 is 30.3. The van der Waals surface area contributed by atoms with Crippen LogP contribution in [0.4, 0.5) is 30.6 Å². The van der Waals surface area contributed by atoms with Gasteiger partial charge in [-0.25, -0.2) is 33.9 Å². The van der Waals surface area contributed by atoms with Crippen molar-refractivity contribution in [2.45, 2.75) is 163 Å². The smallest absolute Gasteiger partial charge is 0.407 e. The molecule has 2 aliphatic carbocycles. The molecule has 10 aromatic carbocycles. The molecule has 12 atom stereocenters. The third kappa shape index (κ3) is 18.6. The van der Waals surface area contributed by atoms with Gasteiger partial charge in [-0.05, 0) is 256 Å². The number of ether oxygens (including phenoxy) is 6. The Balaban J connectivity index is 0.000000149. The molecule has 10 aliphatic rings. The number of nitrogens with one attached hydrogen (secondary N) is 7. The molecule has 0 radical (unpaired) electrons. The normalized spacial score (nSPS) is 21.7. The number of piperidine rings is 2. The van der Waals surface area contributed by atoms with E-state index in [2.05, 4.69) is 175 Å².